The third kappa shape index (κ3) is 2.92. The van der Waals surface area contributed by atoms with Crippen LogP contribution in [0, 0.1) is 27.7 Å². The van der Waals surface area contributed by atoms with Crippen molar-refractivity contribution in [1.29, 1.82) is 0 Å². The molecule has 0 saturated carbocycles. The van der Waals surface area contributed by atoms with E-state index in [1.807, 2.05) is 39.8 Å². The number of benzene rings is 2. The molecule has 4 nitrogen and oxygen atoms in total. The fraction of sp³-hybridized carbons (Fsp3) is 0.300. The van der Waals surface area contributed by atoms with Crippen molar-refractivity contribution in [2.24, 2.45) is 0 Å². The van der Waals surface area contributed by atoms with Gasteiger partial charge in [0.2, 0.25) is 0 Å². The molecule has 0 spiro atoms. The molecule has 0 aromatic heterocycles. The monoisotopic (exact) mass is 326 g/mol. The van der Waals surface area contributed by atoms with Gasteiger partial charge in [0.15, 0.2) is 0 Å². The Kier molecular flexibility index (Phi) is 5.07. The van der Waals surface area contributed by atoms with Gasteiger partial charge >= 0.3 is 11.9 Å². The summed E-state index contributed by atoms with van der Waals surface area (Å²) in [6.45, 7) is 7.83. The normalized spacial score (nSPS) is 10.4. The van der Waals surface area contributed by atoms with Gasteiger partial charge in [0.1, 0.15) is 0 Å². The van der Waals surface area contributed by atoms with Crippen LogP contribution < -0.4 is 0 Å². The number of aryl methyl sites for hydroxylation is 2. The first-order chi connectivity index (χ1) is 11.3. The minimum Gasteiger partial charge on any atom is -0.465 e. The molecule has 0 amide bonds. The third-order valence-corrected chi connectivity index (χ3v) is 4.49. The van der Waals surface area contributed by atoms with Crippen LogP contribution in [0.15, 0.2) is 24.3 Å². The lowest BCUT2D eigenvalue weighted by atomic mass is 9.85. The Balaban J connectivity index is 2.95. The number of ether oxygens (including phenoxy) is 2. The summed E-state index contributed by atoms with van der Waals surface area (Å²) in [7, 11) is 2.71. The van der Waals surface area contributed by atoms with Crippen molar-refractivity contribution in [2.75, 3.05) is 14.2 Å². The predicted octanol–water partition coefficient (Wildman–Crippen LogP) is 4.16. The van der Waals surface area contributed by atoms with Crippen molar-refractivity contribution in [1.82, 2.24) is 0 Å². The van der Waals surface area contributed by atoms with Crippen molar-refractivity contribution in [3.63, 3.8) is 0 Å². The number of hydrogen-bond donors (Lipinski definition) is 0. The van der Waals surface area contributed by atoms with Gasteiger partial charge in [-0.05, 0) is 62.1 Å². The van der Waals surface area contributed by atoms with Crippen LogP contribution in [0.2, 0.25) is 0 Å². The minimum atomic E-state index is -0.429. The van der Waals surface area contributed by atoms with E-state index in [-0.39, 0.29) is 0 Å². The maximum Gasteiger partial charge on any atom is 0.338 e. The molecular weight excluding hydrogens is 304 g/mol. The average Bonchev–Trinajstić information content (AvgIpc) is 2.58. The number of carbonyl (C=O) groups excluding carboxylic acids is 2. The Hall–Kier alpha value is -2.62. The van der Waals surface area contributed by atoms with E-state index >= 15 is 0 Å². The number of esters is 2. The fourth-order valence-electron chi connectivity index (χ4n) is 2.95. The highest BCUT2D eigenvalue weighted by molar-refractivity contribution is 6.05. The highest BCUT2D eigenvalue weighted by Gasteiger charge is 2.24. The third-order valence-electron chi connectivity index (χ3n) is 4.49. The van der Waals surface area contributed by atoms with Gasteiger partial charge in [-0.25, -0.2) is 9.59 Å². The van der Waals surface area contributed by atoms with Crippen molar-refractivity contribution >= 4 is 11.9 Å². The van der Waals surface area contributed by atoms with E-state index in [9.17, 15) is 9.59 Å². The van der Waals surface area contributed by atoms with Gasteiger partial charge in [-0.1, -0.05) is 12.1 Å². The molecule has 4 heteroatoms. The fourth-order valence-corrected chi connectivity index (χ4v) is 2.95. The molecule has 0 atom stereocenters. The molecule has 0 aliphatic heterocycles. The maximum absolute atomic E-state index is 12.3. The first-order valence-corrected chi connectivity index (χ1v) is 7.70. The number of hydrogen-bond acceptors (Lipinski definition) is 4. The van der Waals surface area contributed by atoms with Crippen molar-refractivity contribution in [3.8, 4) is 11.1 Å². The second-order valence-corrected chi connectivity index (χ2v) is 5.85. The largest absolute Gasteiger partial charge is 0.465 e. The Morgan fingerprint density at radius 3 is 1.92 bits per heavy atom. The van der Waals surface area contributed by atoms with Crippen LogP contribution in [0.1, 0.15) is 43.0 Å². The van der Waals surface area contributed by atoms with Crippen molar-refractivity contribution in [2.45, 2.75) is 27.7 Å². The lowest BCUT2D eigenvalue weighted by Crippen LogP contribution is -2.11. The molecule has 2 rings (SSSR count). The summed E-state index contributed by atoms with van der Waals surface area (Å²) >= 11 is 0. The van der Waals surface area contributed by atoms with Crippen LogP contribution in [0.3, 0.4) is 0 Å². The summed E-state index contributed by atoms with van der Waals surface area (Å²) in [5.74, 6) is -0.850. The zero-order valence-corrected chi connectivity index (χ0v) is 14.9. The SMILES string of the molecule is COC(=O)c1cccc(C)c1-c1c(C(=O)OC)cc(C)c(C)c1C. The van der Waals surface area contributed by atoms with Gasteiger partial charge in [-0.15, -0.1) is 0 Å². The molecule has 2 aromatic carbocycles. The summed E-state index contributed by atoms with van der Waals surface area (Å²) < 4.78 is 9.88. The van der Waals surface area contributed by atoms with E-state index in [2.05, 4.69) is 0 Å². The van der Waals surface area contributed by atoms with E-state index in [0.29, 0.717) is 16.7 Å². The standard InChI is InChI=1S/C20H22O4/c1-11-8-7-9-15(19(21)23-5)17(11)18-14(4)13(3)12(2)10-16(18)20(22)24-6/h7-10H,1-6H3. The highest BCUT2D eigenvalue weighted by Crippen LogP contribution is 2.36. The maximum atomic E-state index is 12.3. The molecule has 0 N–H and O–H groups in total. The summed E-state index contributed by atoms with van der Waals surface area (Å²) in [6.07, 6.45) is 0. The van der Waals surface area contributed by atoms with Crippen molar-refractivity contribution < 1.29 is 19.1 Å². The number of methoxy groups -OCH3 is 2. The molecule has 24 heavy (non-hydrogen) atoms. The highest BCUT2D eigenvalue weighted by atomic mass is 16.5. The van der Waals surface area contributed by atoms with Gasteiger partial charge in [0.25, 0.3) is 0 Å². The van der Waals surface area contributed by atoms with Crippen LogP contribution in [0.25, 0.3) is 11.1 Å². The van der Waals surface area contributed by atoms with Gasteiger partial charge in [0, 0.05) is 11.1 Å². The average molecular weight is 326 g/mol. The Morgan fingerprint density at radius 2 is 1.33 bits per heavy atom. The van der Waals surface area contributed by atoms with Crippen molar-refractivity contribution in [3.05, 3.63) is 57.6 Å². The molecule has 0 saturated heterocycles. The first kappa shape index (κ1) is 17.7. The Bertz CT molecular complexity index is 819. The summed E-state index contributed by atoms with van der Waals surface area (Å²) in [4.78, 5) is 24.6. The lowest BCUT2D eigenvalue weighted by molar-refractivity contribution is 0.0590. The lowest BCUT2D eigenvalue weighted by Gasteiger charge is -2.20. The molecule has 126 valence electrons. The van der Waals surface area contributed by atoms with Crippen LogP contribution in [0.5, 0.6) is 0 Å². The molecule has 0 aliphatic rings. The predicted molar refractivity (Wildman–Crippen MR) is 93.5 cm³/mol. The quantitative estimate of drug-likeness (QED) is 0.795. The first-order valence-electron chi connectivity index (χ1n) is 7.70. The van der Waals surface area contributed by atoms with Crippen LogP contribution in [-0.2, 0) is 9.47 Å². The zero-order chi connectivity index (χ0) is 18.0. The minimum absolute atomic E-state index is 0.421. The van der Waals surface area contributed by atoms with E-state index in [4.69, 9.17) is 9.47 Å². The second kappa shape index (κ2) is 6.87. The Morgan fingerprint density at radius 1 is 0.750 bits per heavy atom. The number of carbonyl (C=O) groups is 2. The molecule has 0 radical (unpaired) electrons. The summed E-state index contributed by atoms with van der Waals surface area (Å²) in [5.41, 5.74) is 6.27. The van der Waals surface area contributed by atoms with Gasteiger partial charge in [-0.2, -0.15) is 0 Å². The molecule has 0 aliphatic carbocycles. The molecule has 0 bridgehead atoms. The summed E-state index contributed by atoms with van der Waals surface area (Å²) in [6, 6.07) is 7.25. The van der Waals surface area contributed by atoms with Gasteiger partial charge in [0.05, 0.1) is 25.3 Å². The van der Waals surface area contributed by atoms with E-state index in [1.165, 1.54) is 14.2 Å². The van der Waals surface area contributed by atoms with Crippen LogP contribution in [0.4, 0.5) is 0 Å². The molecule has 0 fully saturated rings. The van der Waals surface area contributed by atoms with Gasteiger partial charge < -0.3 is 9.47 Å². The van der Waals surface area contributed by atoms with E-state index in [0.717, 1.165) is 27.8 Å². The second-order valence-electron chi connectivity index (χ2n) is 5.85. The van der Waals surface area contributed by atoms with E-state index in [1.54, 1.807) is 12.1 Å². The molecule has 2 aromatic rings. The van der Waals surface area contributed by atoms with Gasteiger partial charge in [-0.3, -0.25) is 0 Å². The Labute approximate surface area is 142 Å². The number of rotatable bonds is 3. The van der Waals surface area contributed by atoms with E-state index < -0.39 is 11.9 Å². The molecule has 0 heterocycles. The summed E-state index contributed by atoms with van der Waals surface area (Å²) in [5, 5.41) is 0. The smallest absolute Gasteiger partial charge is 0.338 e. The van der Waals surface area contributed by atoms with Crippen LogP contribution >= 0.6 is 0 Å². The zero-order valence-electron chi connectivity index (χ0n) is 14.9. The molecule has 0 unspecified atom stereocenters. The topological polar surface area (TPSA) is 52.6 Å². The molecular formula is C20H22O4. The van der Waals surface area contributed by atoms with Crippen LogP contribution in [-0.4, -0.2) is 26.2 Å².